The second-order valence-electron chi connectivity index (χ2n) is 8.29. The predicted octanol–water partition coefficient (Wildman–Crippen LogP) is 5.75. The molecule has 1 aromatic heterocycles. The van der Waals surface area contributed by atoms with Gasteiger partial charge in [0, 0.05) is 43.1 Å². The first kappa shape index (κ1) is 25.6. The van der Waals surface area contributed by atoms with Gasteiger partial charge >= 0.3 is 0 Å². The van der Waals surface area contributed by atoms with E-state index in [1.807, 2.05) is 54.7 Å². The maximum absolute atomic E-state index is 12.2. The molecule has 0 saturated carbocycles. The number of para-hydroxylation sites is 1. The van der Waals surface area contributed by atoms with Gasteiger partial charge in [0.2, 0.25) is 12.1 Å². The van der Waals surface area contributed by atoms with Gasteiger partial charge in [-0.2, -0.15) is 10.3 Å². The molecule has 0 unspecified atom stereocenters. The normalized spacial score (nSPS) is 11.0. The fraction of sp³-hybridized carbons (Fsp3) is 0.310. The smallest absolute Gasteiger partial charge is 0.220 e. The Balaban J connectivity index is 1.27. The summed E-state index contributed by atoms with van der Waals surface area (Å²) < 4.78 is 6.05. The van der Waals surface area contributed by atoms with E-state index < -0.39 is 0 Å². The number of nitrogens with one attached hydrogen (secondary N) is 1. The van der Waals surface area contributed by atoms with E-state index in [1.165, 1.54) is 0 Å². The van der Waals surface area contributed by atoms with Crippen LogP contribution in [0.1, 0.15) is 44.1 Å². The number of carbonyl (C=O) groups is 1. The highest BCUT2D eigenvalue weighted by Gasteiger charge is 2.07. The minimum Gasteiger partial charge on any atom is -0.493 e. The molecule has 0 aliphatic rings. The highest BCUT2D eigenvalue weighted by atomic mass is 16.5. The van der Waals surface area contributed by atoms with E-state index in [0.29, 0.717) is 38.1 Å². The van der Waals surface area contributed by atoms with Gasteiger partial charge in [-0.25, -0.2) is 0 Å². The number of hydrogen-bond acceptors (Lipinski definition) is 5. The van der Waals surface area contributed by atoms with Gasteiger partial charge in [0.05, 0.1) is 6.61 Å². The van der Waals surface area contributed by atoms with Crippen LogP contribution in [0.4, 0.5) is 0 Å². The fourth-order valence-electron chi connectivity index (χ4n) is 3.78. The first-order valence-corrected chi connectivity index (χ1v) is 12.1. The molecule has 180 valence electrons. The van der Waals surface area contributed by atoms with Gasteiger partial charge in [-0.05, 0) is 48.6 Å². The molecular formula is C29H32N4O2. The van der Waals surface area contributed by atoms with Crippen molar-refractivity contribution in [1.82, 2.24) is 10.3 Å². The van der Waals surface area contributed by atoms with Gasteiger partial charge in [0.15, 0.2) is 0 Å². The molecule has 3 rings (SSSR count). The Morgan fingerprint density at radius 2 is 1.66 bits per heavy atom. The highest BCUT2D eigenvalue weighted by Crippen LogP contribution is 2.29. The standard InChI is InChI=1S/C29H32N4O2/c30-23-33-26(22-24-16-19-31-20-17-24)14-15-29(34)32-18-8-1-2-9-21-35-28-13-7-6-12-27(28)25-10-4-3-5-11-25/h3-7,10-13,16-17,19-20H,1-2,8-9,14-15,18,21-22H2,(H,32,34). The Hall–Kier alpha value is -3.98. The van der Waals surface area contributed by atoms with Crippen molar-refractivity contribution in [3.05, 3.63) is 84.7 Å². The quantitative estimate of drug-likeness (QED) is 0.185. The molecule has 0 fully saturated rings. The average Bonchev–Trinajstić information content (AvgIpc) is 2.90. The molecule has 35 heavy (non-hydrogen) atoms. The van der Waals surface area contributed by atoms with Crippen LogP contribution in [0.5, 0.6) is 5.75 Å². The molecule has 0 bridgehead atoms. The van der Waals surface area contributed by atoms with Gasteiger partial charge in [-0.1, -0.05) is 61.4 Å². The Morgan fingerprint density at radius 1 is 0.914 bits per heavy atom. The van der Waals surface area contributed by atoms with Crippen molar-refractivity contribution in [1.29, 1.82) is 5.26 Å². The number of nitrogens with zero attached hydrogens (tertiary/aromatic N) is 3. The topological polar surface area (TPSA) is 87.4 Å². The van der Waals surface area contributed by atoms with Crippen LogP contribution in [0.25, 0.3) is 11.1 Å². The molecule has 6 heteroatoms. The molecule has 0 saturated heterocycles. The number of aromatic nitrogens is 1. The second kappa shape index (κ2) is 15.0. The van der Waals surface area contributed by atoms with Crippen LogP contribution in [0.15, 0.2) is 84.1 Å². The predicted molar refractivity (Wildman–Crippen MR) is 139 cm³/mol. The lowest BCUT2D eigenvalue weighted by molar-refractivity contribution is -0.120. The third-order valence-corrected chi connectivity index (χ3v) is 5.63. The molecule has 1 heterocycles. The van der Waals surface area contributed by atoms with Crippen LogP contribution in [0.3, 0.4) is 0 Å². The summed E-state index contributed by atoms with van der Waals surface area (Å²) in [5, 5.41) is 11.9. The van der Waals surface area contributed by atoms with Crippen molar-refractivity contribution in [2.45, 2.75) is 44.9 Å². The number of amides is 1. The Morgan fingerprint density at radius 3 is 2.46 bits per heavy atom. The van der Waals surface area contributed by atoms with E-state index in [0.717, 1.165) is 48.1 Å². The molecule has 1 amide bonds. The monoisotopic (exact) mass is 468 g/mol. The van der Waals surface area contributed by atoms with Crippen LogP contribution in [0, 0.1) is 11.5 Å². The largest absolute Gasteiger partial charge is 0.493 e. The maximum atomic E-state index is 12.2. The van der Waals surface area contributed by atoms with E-state index >= 15 is 0 Å². The molecule has 3 aromatic rings. The van der Waals surface area contributed by atoms with E-state index in [9.17, 15) is 4.79 Å². The summed E-state index contributed by atoms with van der Waals surface area (Å²) in [5.74, 6) is 0.903. The first-order chi connectivity index (χ1) is 17.3. The van der Waals surface area contributed by atoms with Gasteiger partial charge < -0.3 is 10.1 Å². The molecule has 0 aliphatic carbocycles. The lowest BCUT2D eigenvalue weighted by Crippen LogP contribution is -2.25. The van der Waals surface area contributed by atoms with Gasteiger partial charge in [0.1, 0.15) is 5.75 Å². The molecule has 0 spiro atoms. The zero-order valence-electron chi connectivity index (χ0n) is 20.0. The minimum absolute atomic E-state index is 0.00813. The van der Waals surface area contributed by atoms with Crippen LogP contribution in [-0.4, -0.2) is 29.8 Å². The zero-order valence-corrected chi connectivity index (χ0v) is 20.0. The molecule has 2 aromatic carbocycles. The highest BCUT2D eigenvalue weighted by molar-refractivity contribution is 5.90. The minimum atomic E-state index is -0.00813. The lowest BCUT2D eigenvalue weighted by atomic mass is 10.1. The van der Waals surface area contributed by atoms with E-state index in [2.05, 4.69) is 33.5 Å². The molecule has 6 nitrogen and oxygen atoms in total. The summed E-state index contributed by atoms with van der Waals surface area (Å²) >= 11 is 0. The van der Waals surface area contributed by atoms with Crippen LogP contribution >= 0.6 is 0 Å². The number of ether oxygens (including phenoxy) is 1. The van der Waals surface area contributed by atoms with Gasteiger partial charge in [0.25, 0.3) is 0 Å². The lowest BCUT2D eigenvalue weighted by Gasteiger charge is -2.11. The average molecular weight is 469 g/mol. The first-order valence-electron chi connectivity index (χ1n) is 12.1. The Bertz CT molecular complexity index is 1110. The van der Waals surface area contributed by atoms with E-state index in [4.69, 9.17) is 10.00 Å². The number of hydrogen-bond donors (Lipinski definition) is 1. The maximum Gasteiger partial charge on any atom is 0.220 e. The fourth-order valence-corrected chi connectivity index (χ4v) is 3.78. The molecule has 0 radical (unpaired) electrons. The summed E-state index contributed by atoms with van der Waals surface area (Å²) in [4.78, 5) is 20.0. The molecular weight excluding hydrogens is 436 g/mol. The van der Waals surface area contributed by atoms with Crippen LogP contribution < -0.4 is 10.1 Å². The van der Waals surface area contributed by atoms with Gasteiger partial charge in [-0.3, -0.25) is 9.78 Å². The number of carbonyl (C=O) groups excluding carboxylic acids is 1. The number of nitriles is 1. The Kier molecular flexibility index (Phi) is 11.0. The zero-order chi connectivity index (χ0) is 24.6. The van der Waals surface area contributed by atoms with Crippen molar-refractivity contribution < 1.29 is 9.53 Å². The second-order valence-corrected chi connectivity index (χ2v) is 8.29. The summed E-state index contributed by atoms with van der Waals surface area (Å²) in [6.45, 7) is 1.33. The van der Waals surface area contributed by atoms with Crippen LogP contribution in [-0.2, 0) is 11.2 Å². The molecule has 0 atom stereocenters. The van der Waals surface area contributed by atoms with Crippen LogP contribution in [0.2, 0.25) is 0 Å². The number of pyridine rings is 1. The summed E-state index contributed by atoms with van der Waals surface area (Å²) in [6.07, 6.45) is 10.6. The van der Waals surface area contributed by atoms with Crippen molar-refractivity contribution in [3.8, 4) is 23.1 Å². The summed E-state index contributed by atoms with van der Waals surface area (Å²) in [7, 11) is 0. The van der Waals surface area contributed by atoms with Crippen molar-refractivity contribution in [2.75, 3.05) is 13.2 Å². The molecule has 0 aliphatic heterocycles. The van der Waals surface area contributed by atoms with Crippen molar-refractivity contribution in [3.63, 3.8) is 0 Å². The van der Waals surface area contributed by atoms with Gasteiger partial charge in [-0.15, -0.1) is 0 Å². The third kappa shape index (κ3) is 9.42. The van der Waals surface area contributed by atoms with Crippen molar-refractivity contribution in [2.24, 2.45) is 4.99 Å². The van der Waals surface area contributed by atoms with Crippen molar-refractivity contribution >= 4 is 11.6 Å². The third-order valence-electron chi connectivity index (χ3n) is 5.63. The van der Waals surface area contributed by atoms with E-state index in [1.54, 1.807) is 12.4 Å². The number of unbranched alkanes of at least 4 members (excludes halogenated alkanes) is 3. The Labute approximate surface area is 207 Å². The molecule has 1 N–H and O–H groups in total. The van der Waals surface area contributed by atoms with E-state index in [-0.39, 0.29) is 5.91 Å². The number of benzene rings is 2. The number of rotatable bonds is 14. The summed E-state index contributed by atoms with van der Waals surface area (Å²) in [6, 6.07) is 22.2. The SMILES string of the molecule is N#CN=C(CCC(=O)NCCCCCCOc1ccccc1-c1ccccc1)Cc1ccncc1. The summed E-state index contributed by atoms with van der Waals surface area (Å²) in [5.41, 5.74) is 4.01. The number of aliphatic imine (C=N–C) groups is 1.